The number of nitrogens with one attached hydrogen (secondary N) is 1. The van der Waals surface area contributed by atoms with Gasteiger partial charge in [-0.2, -0.15) is 0 Å². The third-order valence-corrected chi connectivity index (χ3v) is 13.8. The van der Waals surface area contributed by atoms with Crippen LogP contribution in [0.3, 0.4) is 0 Å². The van der Waals surface area contributed by atoms with Gasteiger partial charge in [-0.3, -0.25) is 24.0 Å². The number of aliphatic hydroxyl groups excluding tert-OH is 1. The Morgan fingerprint density at radius 2 is 0.762 bits per heavy atom. The van der Waals surface area contributed by atoms with Gasteiger partial charge in [0.25, 0.3) is 0 Å². The van der Waals surface area contributed by atoms with Crippen LogP contribution >= 0.6 is 0 Å². The molecule has 0 heterocycles. The molecule has 1 unspecified atom stereocenters. The van der Waals surface area contributed by atoms with E-state index in [1.54, 1.807) is 0 Å². The van der Waals surface area contributed by atoms with E-state index in [0.29, 0.717) is 81.7 Å². The van der Waals surface area contributed by atoms with Gasteiger partial charge in [0.2, 0.25) is 0 Å². The topological polar surface area (TPSA) is 173 Å². The molecule has 0 spiro atoms. The van der Waals surface area contributed by atoms with E-state index in [2.05, 4.69) is 5.32 Å². The Hall–Kier alpha value is -2.77. The van der Waals surface area contributed by atoms with Gasteiger partial charge < -0.3 is 38.8 Å². The fourth-order valence-electron chi connectivity index (χ4n) is 9.89. The average Bonchev–Trinajstić information content (AvgIpc) is 3.31. The number of hydrogen-bond acceptors (Lipinski definition) is 13. The van der Waals surface area contributed by atoms with Gasteiger partial charge in [0.1, 0.15) is 32.5 Å². The zero-order valence-corrected chi connectivity index (χ0v) is 38.8. The summed E-state index contributed by atoms with van der Waals surface area (Å²) >= 11 is 0. The van der Waals surface area contributed by atoms with E-state index in [4.69, 9.17) is 28.4 Å². The molecule has 13 nitrogen and oxygen atoms in total. The normalized spacial score (nSPS) is 18.8. The van der Waals surface area contributed by atoms with Crippen LogP contribution in [0.25, 0.3) is 0 Å². The lowest BCUT2D eigenvalue weighted by Gasteiger charge is -2.23. The number of carbonyl (C=O) groups is 5. The first-order valence-electron chi connectivity index (χ1n) is 25.6. The van der Waals surface area contributed by atoms with Crippen molar-refractivity contribution in [3.8, 4) is 0 Å². The summed E-state index contributed by atoms with van der Waals surface area (Å²) in [7, 11) is 0. The Kier molecular flexibility index (Phi) is 27.5. The Morgan fingerprint density at radius 1 is 0.429 bits per heavy atom. The van der Waals surface area contributed by atoms with Crippen molar-refractivity contribution in [2.45, 2.75) is 224 Å². The second-order valence-electron chi connectivity index (χ2n) is 19.2. The summed E-state index contributed by atoms with van der Waals surface area (Å²) in [6, 6.07) is 0. The molecule has 4 fully saturated rings. The molecule has 0 bridgehead atoms. The fraction of sp³-hybridized carbons (Fsp3) is 0.900. The van der Waals surface area contributed by atoms with Gasteiger partial charge in [-0.15, -0.1) is 0 Å². The van der Waals surface area contributed by atoms with Crippen LogP contribution in [0.4, 0.5) is 0 Å². The summed E-state index contributed by atoms with van der Waals surface area (Å²) in [4.78, 5) is 63.2. The quantitative estimate of drug-likeness (QED) is 0.0292. The van der Waals surface area contributed by atoms with Crippen molar-refractivity contribution in [1.29, 1.82) is 0 Å². The first-order chi connectivity index (χ1) is 30.7. The number of hydrogen-bond donors (Lipinski definition) is 2. The van der Waals surface area contributed by atoms with Gasteiger partial charge in [-0.25, -0.2) is 0 Å². The highest BCUT2D eigenvalue weighted by molar-refractivity contribution is 5.71. The van der Waals surface area contributed by atoms with Crippen LogP contribution in [0, 0.1) is 23.7 Å². The Balaban J connectivity index is 1.11. The van der Waals surface area contributed by atoms with Gasteiger partial charge in [0, 0.05) is 32.1 Å². The molecule has 13 heteroatoms. The van der Waals surface area contributed by atoms with E-state index in [-0.39, 0.29) is 56.7 Å². The van der Waals surface area contributed by atoms with Crippen molar-refractivity contribution in [1.82, 2.24) is 5.32 Å². The molecule has 0 radical (unpaired) electrons. The standard InChI is InChI=1S/C50H85NO12/c52-45(29-25-39-15-5-1-6-16-39)58-35-43(36-59-46(53)30-26-40-17-7-2-8-18-40)62-49(56)23-13-33-51-34-14-24-50(57)63-44(37-60-47(54)31-27-41-19-9-3-10-20-41)38-61-48(55)32-28-42-21-11-4-12-22-42/h39-44,49,51,56H,1-38H2. The molecule has 63 heavy (non-hydrogen) atoms. The van der Waals surface area contributed by atoms with Gasteiger partial charge in [-0.1, -0.05) is 128 Å². The summed E-state index contributed by atoms with van der Waals surface area (Å²) in [5, 5.41) is 14.0. The van der Waals surface area contributed by atoms with Gasteiger partial charge >= 0.3 is 29.8 Å². The van der Waals surface area contributed by atoms with E-state index in [9.17, 15) is 29.1 Å². The maximum absolute atomic E-state index is 12.9. The zero-order valence-electron chi connectivity index (χ0n) is 38.8. The van der Waals surface area contributed by atoms with Crippen molar-refractivity contribution in [2.75, 3.05) is 39.5 Å². The highest BCUT2D eigenvalue weighted by Crippen LogP contribution is 2.30. The largest absolute Gasteiger partial charge is 0.463 e. The van der Waals surface area contributed by atoms with Gasteiger partial charge in [0.05, 0.1) is 0 Å². The maximum Gasteiger partial charge on any atom is 0.306 e. The SMILES string of the molecule is O=C(CCC1CCCCC1)OCC(COC(=O)CCC1CCCCC1)OC(=O)CCCNCCCC(O)OC(COC(=O)CCC1CCCCC1)COC(=O)CCC1CCCCC1. The highest BCUT2D eigenvalue weighted by Gasteiger charge is 2.24. The van der Waals surface area contributed by atoms with E-state index < -0.39 is 24.5 Å². The van der Waals surface area contributed by atoms with E-state index >= 15 is 0 Å². The third-order valence-electron chi connectivity index (χ3n) is 13.8. The molecule has 0 aliphatic heterocycles. The molecular formula is C50H85NO12. The molecule has 0 aromatic carbocycles. The third kappa shape index (κ3) is 25.5. The summed E-state index contributed by atoms with van der Waals surface area (Å²) in [6.07, 6.45) is 27.2. The summed E-state index contributed by atoms with van der Waals surface area (Å²) in [5.41, 5.74) is 0. The number of rotatable bonds is 31. The minimum atomic E-state index is -1.15. The molecule has 362 valence electrons. The molecular weight excluding hydrogens is 807 g/mol. The molecule has 0 saturated heterocycles. The summed E-state index contributed by atoms with van der Waals surface area (Å²) in [5.74, 6) is 0.507. The van der Waals surface area contributed by atoms with E-state index in [0.717, 1.165) is 77.0 Å². The van der Waals surface area contributed by atoms with Crippen molar-refractivity contribution in [2.24, 2.45) is 23.7 Å². The summed E-state index contributed by atoms with van der Waals surface area (Å²) in [6.45, 7) is 0.581. The first-order valence-corrected chi connectivity index (χ1v) is 25.6. The maximum atomic E-state index is 12.9. The highest BCUT2D eigenvalue weighted by atomic mass is 16.6. The lowest BCUT2D eigenvalue weighted by Crippen LogP contribution is -2.33. The van der Waals surface area contributed by atoms with Crippen molar-refractivity contribution in [3.05, 3.63) is 0 Å². The number of aliphatic hydroxyl groups is 1. The molecule has 0 amide bonds. The van der Waals surface area contributed by atoms with Crippen LogP contribution in [0.5, 0.6) is 0 Å². The van der Waals surface area contributed by atoms with Crippen molar-refractivity contribution in [3.63, 3.8) is 0 Å². The smallest absolute Gasteiger partial charge is 0.306 e. The van der Waals surface area contributed by atoms with Crippen LogP contribution in [0.15, 0.2) is 0 Å². The van der Waals surface area contributed by atoms with Crippen LogP contribution < -0.4 is 5.32 Å². The number of esters is 5. The Bertz CT molecular complexity index is 1200. The predicted octanol–water partition coefficient (Wildman–Crippen LogP) is 9.37. The van der Waals surface area contributed by atoms with Crippen LogP contribution in [0.2, 0.25) is 0 Å². The molecule has 0 aromatic heterocycles. The molecule has 1 atom stereocenters. The number of ether oxygens (including phenoxy) is 6. The minimum Gasteiger partial charge on any atom is -0.463 e. The van der Waals surface area contributed by atoms with Crippen LogP contribution in [0.1, 0.15) is 205 Å². The Labute approximate surface area is 378 Å². The zero-order chi connectivity index (χ0) is 44.7. The molecule has 4 aliphatic carbocycles. The first kappa shape index (κ1) is 52.9. The average molecular weight is 892 g/mol. The lowest BCUT2D eigenvalue weighted by molar-refractivity contribution is -0.183. The molecule has 2 N–H and O–H groups in total. The second kappa shape index (κ2) is 32.8. The number of carbonyl (C=O) groups excluding carboxylic acids is 5. The van der Waals surface area contributed by atoms with E-state index in [1.165, 1.54) is 77.0 Å². The molecule has 4 saturated carbocycles. The summed E-state index contributed by atoms with van der Waals surface area (Å²) < 4.78 is 33.6. The van der Waals surface area contributed by atoms with E-state index in [1.807, 2.05) is 0 Å². The minimum absolute atomic E-state index is 0.0998. The molecule has 4 rings (SSSR count). The monoisotopic (exact) mass is 892 g/mol. The predicted molar refractivity (Wildman–Crippen MR) is 239 cm³/mol. The molecule has 0 aromatic rings. The van der Waals surface area contributed by atoms with Crippen LogP contribution in [-0.4, -0.2) is 93.0 Å². The Morgan fingerprint density at radius 3 is 1.13 bits per heavy atom. The van der Waals surface area contributed by atoms with Gasteiger partial charge in [0.15, 0.2) is 12.4 Å². The van der Waals surface area contributed by atoms with Crippen molar-refractivity contribution >= 4 is 29.8 Å². The fourth-order valence-corrected chi connectivity index (χ4v) is 9.89. The van der Waals surface area contributed by atoms with Crippen LogP contribution in [-0.2, 0) is 52.4 Å². The molecule has 4 aliphatic rings. The lowest BCUT2D eigenvalue weighted by atomic mass is 9.86. The second-order valence-corrected chi connectivity index (χ2v) is 19.2. The van der Waals surface area contributed by atoms with Gasteiger partial charge in [-0.05, 0) is 81.7 Å². The van der Waals surface area contributed by atoms with Crippen molar-refractivity contribution < 1.29 is 57.5 Å².